The van der Waals surface area contributed by atoms with Crippen LogP contribution in [0.3, 0.4) is 0 Å². The molecule has 0 saturated heterocycles. The summed E-state index contributed by atoms with van der Waals surface area (Å²) in [5, 5.41) is 6.99. The second kappa shape index (κ2) is 10.2. The first kappa shape index (κ1) is 22.3. The fourth-order valence-electron chi connectivity index (χ4n) is 3.98. The maximum Gasteiger partial charge on any atom is 0.256 e. The summed E-state index contributed by atoms with van der Waals surface area (Å²) in [7, 11) is 0. The summed E-state index contributed by atoms with van der Waals surface area (Å²) in [5.74, 6) is 1.61. The molecule has 7 nitrogen and oxygen atoms in total. The lowest BCUT2D eigenvalue weighted by molar-refractivity contribution is -0.118. The lowest BCUT2D eigenvalue weighted by Crippen LogP contribution is -2.31. The fourth-order valence-corrected chi connectivity index (χ4v) is 4.65. The van der Waals surface area contributed by atoms with Gasteiger partial charge in [0.2, 0.25) is 11.6 Å². The van der Waals surface area contributed by atoms with Crippen LogP contribution in [-0.2, 0) is 4.79 Å². The second-order valence-corrected chi connectivity index (χ2v) is 9.18. The highest BCUT2D eigenvalue weighted by atomic mass is 32.2. The van der Waals surface area contributed by atoms with E-state index >= 15 is 0 Å². The molecule has 0 bridgehead atoms. The minimum atomic E-state index is -0.259. The quantitative estimate of drug-likeness (QED) is 0.392. The molecule has 2 amide bonds. The third-order valence-corrected chi connectivity index (χ3v) is 6.77. The topological polar surface area (TPSA) is 97.1 Å². The van der Waals surface area contributed by atoms with Gasteiger partial charge in [-0.15, -0.1) is 0 Å². The van der Waals surface area contributed by atoms with Crippen LogP contribution in [0, 0.1) is 19.8 Å². The third kappa shape index (κ3) is 5.30. The van der Waals surface area contributed by atoms with Crippen molar-refractivity contribution in [1.82, 2.24) is 15.3 Å². The number of furan rings is 1. The van der Waals surface area contributed by atoms with Gasteiger partial charge in [0, 0.05) is 17.7 Å². The molecule has 1 saturated carbocycles. The molecule has 4 rings (SSSR count). The highest BCUT2D eigenvalue weighted by molar-refractivity contribution is 7.99. The molecule has 3 aromatic rings. The van der Waals surface area contributed by atoms with Crippen LogP contribution in [0.25, 0.3) is 11.1 Å². The van der Waals surface area contributed by atoms with Crippen molar-refractivity contribution >= 4 is 40.5 Å². The van der Waals surface area contributed by atoms with Crippen molar-refractivity contribution in [3.05, 3.63) is 47.2 Å². The number of fused-ring (bicyclic) bond motifs is 1. The minimum Gasteiger partial charge on any atom is -0.443 e. The summed E-state index contributed by atoms with van der Waals surface area (Å²) in [5.41, 5.74) is 1.82. The number of thioether (sulfide) groups is 1. The number of nitrogens with one attached hydrogen (secondary N) is 2. The predicted molar refractivity (Wildman–Crippen MR) is 126 cm³/mol. The van der Waals surface area contributed by atoms with Gasteiger partial charge in [-0.2, -0.15) is 4.98 Å². The van der Waals surface area contributed by atoms with Crippen LogP contribution in [0.2, 0.25) is 0 Å². The van der Waals surface area contributed by atoms with Crippen LogP contribution in [0.1, 0.15) is 53.8 Å². The Kier molecular flexibility index (Phi) is 7.09. The molecule has 0 unspecified atom stereocenters. The number of aromatic nitrogens is 2. The second-order valence-electron chi connectivity index (χ2n) is 8.24. The molecule has 2 heterocycles. The average molecular weight is 453 g/mol. The van der Waals surface area contributed by atoms with Crippen LogP contribution in [-0.4, -0.2) is 34.1 Å². The van der Waals surface area contributed by atoms with Gasteiger partial charge in [-0.05, 0) is 44.7 Å². The van der Waals surface area contributed by atoms with Crippen LogP contribution < -0.4 is 10.6 Å². The molecule has 1 aromatic carbocycles. The first-order valence-corrected chi connectivity index (χ1v) is 12.0. The molecular weight excluding hydrogens is 424 g/mol. The van der Waals surface area contributed by atoms with E-state index < -0.39 is 0 Å². The largest absolute Gasteiger partial charge is 0.443 e. The average Bonchev–Trinajstić information content (AvgIpc) is 3.11. The summed E-state index contributed by atoms with van der Waals surface area (Å²) >= 11 is 1.24. The van der Waals surface area contributed by atoms with Crippen molar-refractivity contribution in [2.24, 2.45) is 5.92 Å². The Morgan fingerprint density at radius 2 is 1.84 bits per heavy atom. The summed E-state index contributed by atoms with van der Waals surface area (Å²) in [6.07, 6.45) is 6.18. The number of amides is 2. The molecule has 168 valence electrons. The van der Waals surface area contributed by atoms with E-state index in [1.807, 2.05) is 32.0 Å². The number of rotatable bonds is 7. The van der Waals surface area contributed by atoms with Crippen LogP contribution in [0.15, 0.2) is 39.9 Å². The van der Waals surface area contributed by atoms with Gasteiger partial charge in [-0.3, -0.25) is 9.59 Å². The van der Waals surface area contributed by atoms with Crippen LogP contribution in [0.4, 0.5) is 5.82 Å². The van der Waals surface area contributed by atoms with Crippen molar-refractivity contribution in [3.63, 3.8) is 0 Å². The van der Waals surface area contributed by atoms with Gasteiger partial charge in [-0.25, -0.2) is 4.98 Å². The smallest absolute Gasteiger partial charge is 0.256 e. The number of aryl methyl sites for hydroxylation is 2. The molecule has 0 spiro atoms. The van der Waals surface area contributed by atoms with Gasteiger partial charge in [0.25, 0.3) is 5.91 Å². The molecular formula is C24H28N4O3S. The number of carbonyl (C=O) groups is 2. The lowest BCUT2D eigenvalue weighted by Gasteiger charge is -2.21. The van der Waals surface area contributed by atoms with E-state index in [4.69, 9.17) is 4.42 Å². The number of hydrogen-bond acceptors (Lipinski definition) is 6. The van der Waals surface area contributed by atoms with Gasteiger partial charge in [0.15, 0.2) is 5.16 Å². The number of carbonyl (C=O) groups excluding carboxylic acids is 2. The lowest BCUT2D eigenvalue weighted by atomic mass is 9.89. The highest BCUT2D eigenvalue weighted by Gasteiger charge is 2.20. The molecule has 0 atom stereocenters. The molecule has 1 aliphatic carbocycles. The van der Waals surface area contributed by atoms with Gasteiger partial charge < -0.3 is 15.1 Å². The van der Waals surface area contributed by atoms with Crippen molar-refractivity contribution in [2.75, 3.05) is 17.6 Å². The molecule has 1 fully saturated rings. The van der Waals surface area contributed by atoms with E-state index in [9.17, 15) is 9.59 Å². The number of benzene rings is 1. The molecule has 0 aliphatic heterocycles. The van der Waals surface area contributed by atoms with Crippen molar-refractivity contribution in [2.45, 2.75) is 51.1 Å². The Hall–Kier alpha value is -2.87. The van der Waals surface area contributed by atoms with Crippen molar-refractivity contribution < 1.29 is 14.0 Å². The fraction of sp³-hybridized carbons (Fsp3) is 0.417. The molecule has 8 heteroatoms. The Morgan fingerprint density at radius 1 is 1.09 bits per heavy atom. The summed E-state index contributed by atoms with van der Waals surface area (Å²) < 4.78 is 5.78. The summed E-state index contributed by atoms with van der Waals surface area (Å²) in [4.78, 5) is 34.1. The Bertz CT molecular complexity index is 1110. The van der Waals surface area contributed by atoms with Crippen LogP contribution in [0.5, 0.6) is 0 Å². The monoisotopic (exact) mass is 452 g/mol. The molecule has 2 N–H and O–H groups in total. The Morgan fingerprint density at radius 3 is 2.59 bits per heavy atom. The first-order chi connectivity index (χ1) is 15.5. The van der Waals surface area contributed by atoms with Gasteiger partial charge in [0.05, 0.1) is 11.1 Å². The zero-order valence-electron chi connectivity index (χ0n) is 18.4. The van der Waals surface area contributed by atoms with Gasteiger partial charge >= 0.3 is 0 Å². The van der Waals surface area contributed by atoms with E-state index in [2.05, 4.69) is 20.6 Å². The normalized spacial score (nSPS) is 14.4. The van der Waals surface area contributed by atoms with Gasteiger partial charge in [0.1, 0.15) is 11.6 Å². The molecule has 0 radical (unpaired) electrons. The zero-order valence-corrected chi connectivity index (χ0v) is 19.3. The number of anilines is 1. The van der Waals surface area contributed by atoms with Crippen molar-refractivity contribution in [1.29, 1.82) is 0 Å². The summed E-state index contributed by atoms with van der Waals surface area (Å²) in [6.45, 7) is 4.49. The molecule has 1 aliphatic rings. The van der Waals surface area contributed by atoms with Gasteiger partial charge in [-0.1, -0.05) is 49.2 Å². The molecule has 2 aromatic heterocycles. The van der Waals surface area contributed by atoms with Crippen LogP contribution >= 0.6 is 11.8 Å². The Labute approximate surface area is 191 Å². The summed E-state index contributed by atoms with van der Waals surface area (Å²) in [6, 6.07) is 8.97. The van der Waals surface area contributed by atoms with E-state index in [-0.39, 0.29) is 17.6 Å². The third-order valence-electron chi connectivity index (χ3n) is 5.92. The highest BCUT2D eigenvalue weighted by Crippen LogP contribution is 2.31. The standard InChI is InChI=1S/C24H28N4O3S/c1-15-16(2)31-23-20(15)21(26-22(30)18-11-7-4-8-12-18)27-24(28-23)32-14-19(29)25-13-17-9-5-3-6-10-17/h4,7-8,11-12,17H,3,5-6,9-10,13-14H2,1-2H3,(H,25,29)(H,26,27,28,30). The van der Waals surface area contributed by atoms with E-state index in [1.54, 1.807) is 12.1 Å². The maximum atomic E-state index is 12.7. The molecule has 32 heavy (non-hydrogen) atoms. The number of hydrogen-bond donors (Lipinski definition) is 2. The minimum absolute atomic E-state index is 0.0362. The van der Waals surface area contributed by atoms with Crippen molar-refractivity contribution in [3.8, 4) is 0 Å². The van der Waals surface area contributed by atoms with E-state index in [1.165, 1.54) is 43.9 Å². The Balaban J connectivity index is 1.47. The maximum absolute atomic E-state index is 12.7. The first-order valence-electron chi connectivity index (χ1n) is 11.0. The van der Waals surface area contributed by atoms with E-state index in [0.717, 1.165) is 17.9 Å². The zero-order chi connectivity index (χ0) is 22.5. The SMILES string of the molecule is Cc1oc2nc(SCC(=O)NCC3CCCCC3)nc(NC(=O)c3ccccc3)c2c1C. The van der Waals surface area contributed by atoms with E-state index in [0.29, 0.717) is 33.6 Å². The predicted octanol–water partition coefficient (Wildman–Crippen LogP) is 4.88. The number of nitrogens with zero attached hydrogens (tertiary/aromatic N) is 2.